The molecule has 0 amide bonds. The van der Waals surface area contributed by atoms with Crippen molar-refractivity contribution in [3.63, 3.8) is 0 Å². The summed E-state index contributed by atoms with van der Waals surface area (Å²) >= 11 is 0. The van der Waals surface area contributed by atoms with Gasteiger partial charge in [-0.15, -0.1) is 0 Å². The van der Waals surface area contributed by atoms with E-state index in [4.69, 9.17) is 14.2 Å². The maximum absolute atomic E-state index is 5.71. The topological polar surface area (TPSA) is 31.0 Å². The molecule has 0 radical (unpaired) electrons. The van der Waals surface area contributed by atoms with Crippen LogP contribution in [0.1, 0.15) is 19.3 Å². The van der Waals surface area contributed by atoms with E-state index in [1.807, 2.05) is 0 Å². The van der Waals surface area contributed by atoms with E-state index in [9.17, 15) is 0 Å². The molecule has 0 aromatic carbocycles. The highest BCUT2D eigenvalue weighted by molar-refractivity contribution is 4.90. The number of rotatable bonds is 3. The van der Waals surface area contributed by atoms with E-state index >= 15 is 0 Å². The van der Waals surface area contributed by atoms with Gasteiger partial charge in [-0.25, -0.2) is 0 Å². The van der Waals surface area contributed by atoms with Crippen LogP contribution in [0.4, 0.5) is 0 Å². The molecule has 0 aromatic heterocycles. The molecule has 12 heavy (non-hydrogen) atoms. The Morgan fingerprint density at radius 3 is 2.83 bits per heavy atom. The van der Waals surface area contributed by atoms with Crippen molar-refractivity contribution in [1.82, 2.24) is 0 Å². The average Bonchev–Trinajstić information content (AvgIpc) is 2.69. The molecule has 3 saturated heterocycles. The molecule has 3 aliphatic rings. The number of epoxide rings is 1. The summed E-state index contributed by atoms with van der Waals surface area (Å²) < 4.78 is 16.5. The van der Waals surface area contributed by atoms with Crippen LogP contribution in [0.3, 0.4) is 0 Å². The van der Waals surface area contributed by atoms with E-state index in [1.165, 1.54) is 12.8 Å². The van der Waals surface area contributed by atoms with Gasteiger partial charge in [-0.05, 0) is 12.8 Å². The molecule has 3 nitrogen and oxygen atoms in total. The summed E-state index contributed by atoms with van der Waals surface area (Å²) in [6.07, 6.45) is 5.20. The summed E-state index contributed by atoms with van der Waals surface area (Å²) in [5.41, 5.74) is 0. The average molecular weight is 170 g/mol. The third-order valence-electron chi connectivity index (χ3n) is 2.95. The molecule has 4 atom stereocenters. The normalized spacial score (nSPS) is 50.0. The highest BCUT2D eigenvalue weighted by atomic mass is 16.6. The Kier molecular flexibility index (Phi) is 1.63. The van der Waals surface area contributed by atoms with Crippen molar-refractivity contribution in [2.45, 2.75) is 43.7 Å². The van der Waals surface area contributed by atoms with Crippen molar-refractivity contribution < 1.29 is 14.2 Å². The lowest BCUT2D eigenvalue weighted by atomic mass is 9.98. The van der Waals surface area contributed by atoms with E-state index in [0.29, 0.717) is 24.4 Å². The van der Waals surface area contributed by atoms with Gasteiger partial charge in [-0.1, -0.05) is 0 Å². The molecule has 68 valence electrons. The van der Waals surface area contributed by atoms with Crippen LogP contribution in [0.5, 0.6) is 0 Å². The van der Waals surface area contributed by atoms with Crippen LogP contribution < -0.4 is 0 Å². The van der Waals surface area contributed by atoms with Gasteiger partial charge in [0.15, 0.2) is 0 Å². The Morgan fingerprint density at radius 1 is 1.33 bits per heavy atom. The summed E-state index contributed by atoms with van der Waals surface area (Å²) in [5.74, 6) is 0. The summed E-state index contributed by atoms with van der Waals surface area (Å²) in [6, 6.07) is 0. The van der Waals surface area contributed by atoms with Crippen molar-refractivity contribution in [3.05, 3.63) is 0 Å². The number of ether oxygens (including phenoxy) is 3. The Hall–Kier alpha value is -0.120. The van der Waals surface area contributed by atoms with Crippen LogP contribution in [0.25, 0.3) is 0 Å². The first kappa shape index (κ1) is 7.30. The lowest BCUT2D eigenvalue weighted by molar-refractivity contribution is -0.00637. The maximum atomic E-state index is 5.71. The Morgan fingerprint density at radius 2 is 2.25 bits per heavy atom. The van der Waals surface area contributed by atoms with Gasteiger partial charge in [0.05, 0.1) is 31.5 Å². The van der Waals surface area contributed by atoms with Gasteiger partial charge in [0.25, 0.3) is 0 Å². The first-order valence-electron chi connectivity index (χ1n) is 4.80. The van der Waals surface area contributed by atoms with Crippen LogP contribution >= 0.6 is 0 Å². The predicted octanol–water partition coefficient (Wildman–Crippen LogP) is 0.722. The second-order valence-corrected chi connectivity index (χ2v) is 3.94. The molecule has 0 saturated carbocycles. The van der Waals surface area contributed by atoms with Crippen LogP contribution in [0.2, 0.25) is 0 Å². The molecule has 3 fully saturated rings. The molecule has 2 bridgehead atoms. The molecule has 3 heteroatoms. The number of hydrogen-bond donors (Lipinski definition) is 0. The van der Waals surface area contributed by atoms with Gasteiger partial charge in [0.1, 0.15) is 6.10 Å². The molecular weight excluding hydrogens is 156 g/mol. The minimum atomic E-state index is 0.368. The molecule has 0 N–H and O–H groups in total. The number of hydrogen-bond acceptors (Lipinski definition) is 3. The van der Waals surface area contributed by atoms with Crippen molar-refractivity contribution in [3.8, 4) is 0 Å². The van der Waals surface area contributed by atoms with Crippen molar-refractivity contribution in [2.24, 2.45) is 0 Å². The summed E-state index contributed by atoms with van der Waals surface area (Å²) in [5, 5.41) is 0. The minimum Gasteiger partial charge on any atom is -0.373 e. The smallest absolute Gasteiger partial charge is 0.104 e. The zero-order valence-corrected chi connectivity index (χ0v) is 7.07. The molecule has 4 unspecified atom stereocenters. The van der Waals surface area contributed by atoms with Gasteiger partial charge < -0.3 is 14.2 Å². The maximum Gasteiger partial charge on any atom is 0.104 e. The van der Waals surface area contributed by atoms with E-state index in [0.717, 1.165) is 19.6 Å². The second-order valence-electron chi connectivity index (χ2n) is 3.94. The largest absolute Gasteiger partial charge is 0.373 e. The Labute approximate surface area is 72.0 Å². The highest BCUT2D eigenvalue weighted by Crippen LogP contribution is 2.36. The van der Waals surface area contributed by atoms with Crippen LogP contribution in [-0.2, 0) is 14.2 Å². The van der Waals surface area contributed by atoms with E-state index in [1.54, 1.807) is 0 Å². The minimum absolute atomic E-state index is 0.368. The summed E-state index contributed by atoms with van der Waals surface area (Å²) in [6.45, 7) is 1.67. The van der Waals surface area contributed by atoms with Crippen molar-refractivity contribution in [2.75, 3.05) is 13.2 Å². The van der Waals surface area contributed by atoms with Gasteiger partial charge >= 0.3 is 0 Å². The van der Waals surface area contributed by atoms with E-state index in [-0.39, 0.29) is 0 Å². The predicted molar refractivity (Wildman–Crippen MR) is 42.0 cm³/mol. The van der Waals surface area contributed by atoms with Gasteiger partial charge in [0, 0.05) is 6.42 Å². The molecule has 0 aromatic rings. The molecule has 0 aliphatic carbocycles. The lowest BCUT2D eigenvalue weighted by Crippen LogP contribution is -2.27. The Bertz CT molecular complexity index is 179. The van der Waals surface area contributed by atoms with Crippen LogP contribution in [-0.4, -0.2) is 37.6 Å². The van der Waals surface area contributed by atoms with E-state index in [2.05, 4.69) is 0 Å². The highest BCUT2D eigenvalue weighted by Gasteiger charge is 2.42. The molecule has 3 aliphatic heterocycles. The monoisotopic (exact) mass is 170 g/mol. The first-order chi connectivity index (χ1) is 5.92. The van der Waals surface area contributed by atoms with E-state index < -0.39 is 0 Å². The Balaban J connectivity index is 1.50. The second kappa shape index (κ2) is 2.69. The van der Waals surface area contributed by atoms with Crippen LogP contribution in [0, 0.1) is 0 Å². The zero-order valence-electron chi connectivity index (χ0n) is 7.07. The third kappa shape index (κ3) is 1.26. The third-order valence-corrected chi connectivity index (χ3v) is 2.95. The van der Waals surface area contributed by atoms with Gasteiger partial charge in [-0.3, -0.25) is 0 Å². The summed E-state index contributed by atoms with van der Waals surface area (Å²) in [4.78, 5) is 0. The fourth-order valence-corrected chi connectivity index (χ4v) is 2.16. The SMILES string of the molecule is C1OC1COC1CC2CCC1O2. The zero-order chi connectivity index (χ0) is 7.97. The molecular formula is C9H14O3. The standard InChI is InChI=1S/C9H14O3/c1-2-8-9(3-6(1)12-8)11-5-7-4-10-7/h6-9H,1-5H2. The van der Waals surface area contributed by atoms with Crippen molar-refractivity contribution >= 4 is 0 Å². The van der Waals surface area contributed by atoms with Gasteiger partial charge in [0.2, 0.25) is 0 Å². The quantitative estimate of drug-likeness (QED) is 0.585. The first-order valence-corrected chi connectivity index (χ1v) is 4.80. The van der Waals surface area contributed by atoms with Crippen molar-refractivity contribution in [1.29, 1.82) is 0 Å². The lowest BCUT2D eigenvalue weighted by Gasteiger charge is -2.18. The summed E-state index contributed by atoms with van der Waals surface area (Å²) in [7, 11) is 0. The fraction of sp³-hybridized carbons (Fsp3) is 1.00. The molecule has 3 rings (SSSR count). The number of fused-ring (bicyclic) bond motifs is 2. The fourth-order valence-electron chi connectivity index (χ4n) is 2.16. The molecule has 0 spiro atoms. The van der Waals surface area contributed by atoms with Crippen LogP contribution in [0.15, 0.2) is 0 Å². The molecule has 3 heterocycles. The van der Waals surface area contributed by atoms with Gasteiger partial charge in [-0.2, -0.15) is 0 Å².